The van der Waals surface area contributed by atoms with Gasteiger partial charge in [0.25, 0.3) is 0 Å². The number of benzene rings is 1. The molecule has 0 fully saturated rings. The second-order valence-electron chi connectivity index (χ2n) is 4.88. The maximum atomic E-state index is 11.4. The van der Waals surface area contributed by atoms with Gasteiger partial charge in [-0.3, -0.25) is 0 Å². The van der Waals surface area contributed by atoms with Crippen molar-refractivity contribution in [1.82, 2.24) is 10.6 Å². The smallest absolute Gasteiger partial charge is 0.315 e. The Kier molecular flexibility index (Phi) is 6.19. The summed E-state index contributed by atoms with van der Waals surface area (Å²) >= 11 is 0. The first-order chi connectivity index (χ1) is 9.02. The topological polar surface area (TPSA) is 50.4 Å². The fourth-order valence-electron chi connectivity index (χ4n) is 1.69. The first-order valence-electron chi connectivity index (χ1n) is 6.80. The highest BCUT2D eigenvalue weighted by atomic mass is 16.5. The lowest BCUT2D eigenvalue weighted by Crippen LogP contribution is -2.35. The van der Waals surface area contributed by atoms with E-state index in [9.17, 15) is 4.79 Å². The molecule has 0 aromatic heterocycles. The first-order valence-corrected chi connectivity index (χ1v) is 6.80. The van der Waals surface area contributed by atoms with Gasteiger partial charge in [-0.25, -0.2) is 4.79 Å². The summed E-state index contributed by atoms with van der Waals surface area (Å²) in [6, 6.07) is 5.85. The van der Waals surface area contributed by atoms with Crippen LogP contribution in [0.3, 0.4) is 0 Å². The van der Waals surface area contributed by atoms with E-state index in [0.29, 0.717) is 13.1 Å². The Morgan fingerprint density at radius 1 is 1.32 bits per heavy atom. The summed E-state index contributed by atoms with van der Waals surface area (Å²) in [5, 5.41) is 5.61. The molecule has 2 amide bonds. The minimum absolute atomic E-state index is 0.123. The van der Waals surface area contributed by atoms with Gasteiger partial charge in [-0.2, -0.15) is 0 Å². The van der Waals surface area contributed by atoms with Gasteiger partial charge in [0.05, 0.1) is 6.10 Å². The normalized spacial score (nSPS) is 10.4. The molecule has 0 atom stereocenters. The van der Waals surface area contributed by atoms with Crippen LogP contribution in [0.15, 0.2) is 18.2 Å². The van der Waals surface area contributed by atoms with Crippen LogP contribution < -0.4 is 15.4 Å². The van der Waals surface area contributed by atoms with Crippen molar-refractivity contribution in [3.8, 4) is 5.75 Å². The van der Waals surface area contributed by atoms with Gasteiger partial charge in [0.2, 0.25) is 0 Å². The summed E-state index contributed by atoms with van der Waals surface area (Å²) in [5.41, 5.74) is 2.15. The van der Waals surface area contributed by atoms with Crippen molar-refractivity contribution in [2.75, 3.05) is 6.54 Å². The Morgan fingerprint density at radius 3 is 2.63 bits per heavy atom. The standard InChI is InChI=1S/C15H24N2O2/c1-5-8-16-15(18)17-10-13-6-7-14(12(4)9-13)19-11(2)3/h6-7,9,11H,5,8,10H2,1-4H3,(H2,16,17,18). The zero-order valence-corrected chi connectivity index (χ0v) is 12.2. The molecule has 1 aromatic rings. The molecule has 0 aliphatic rings. The van der Waals surface area contributed by atoms with Gasteiger partial charge in [0.15, 0.2) is 0 Å². The van der Waals surface area contributed by atoms with Crippen molar-refractivity contribution in [3.05, 3.63) is 29.3 Å². The average Bonchev–Trinajstić information content (AvgIpc) is 2.36. The zero-order chi connectivity index (χ0) is 14.3. The van der Waals surface area contributed by atoms with E-state index in [4.69, 9.17) is 4.74 Å². The Labute approximate surface area is 115 Å². The van der Waals surface area contributed by atoms with Crippen LogP contribution in [0.4, 0.5) is 4.79 Å². The second kappa shape index (κ2) is 7.67. The Hall–Kier alpha value is -1.71. The quantitative estimate of drug-likeness (QED) is 0.830. The summed E-state index contributed by atoms with van der Waals surface area (Å²) in [6.07, 6.45) is 1.11. The van der Waals surface area contributed by atoms with E-state index in [1.165, 1.54) is 0 Å². The van der Waals surface area contributed by atoms with E-state index in [1.807, 2.05) is 45.9 Å². The van der Waals surface area contributed by atoms with E-state index >= 15 is 0 Å². The van der Waals surface area contributed by atoms with Gasteiger partial charge in [-0.05, 0) is 44.4 Å². The van der Waals surface area contributed by atoms with Gasteiger partial charge in [-0.15, -0.1) is 0 Å². The molecular weight excluding hydrogens is 240 g/mol. The molecule has 0 heterocycles. The molecule has 0 aliphatic carbocycles. The summed E-state index contributed by atoms with van der Waals surface area (Å²) in [6.45, 7) is 9.28. The van der Waals surface area contributed by atoms with Crippen LogP contribution in [0, 0.1) is 6.92 Å². The van der Waals surface area contributed by atoms with Crippen LogP contribution in [0.5, 0.6) is 5.75 Å². The summed E-state index contributed by atoms with van der Waals surface area (Å²) < 4.78 is 5.68. The van der Waals surface area contributed by atoms with Crippen molar-refractivity contribution in [2.24, 2.45) is 0 Å². The molecule has 0 saturated carbocycles. The van der Waals surface area contributed by atoms with Crippen molar-refractivity contribution in [1.29, 1.82) is 0 Å². The number of amides is 2. The van der Waals surface area contributed by atoms with Crippen molar-refractivity contribution < 1.29 is 9.53 Å². The van der Waals surface area contributed by atoms with E-state index in [-0.39, 0.29) is 12.1 Å². The molecule has 0 aliphatic heterocycles. The van der Waals surface area contributed by atoms with Crippen LogP contribution >= 0.6 is 0 Å². The van der Waals surface area contributed by atoms with Crippen LogP contribution in [0.25, 0.3) is 0 Å². The molecule has 0 radical (unpaired) electrons. The SMILES string of the molecule is CCCNC(=O)NCc1ccc(OC(C)C)c(C)c1. The highest BCUT2D eigenvalue weighted by Gasteiger charge is 2.04. The molecule has 1 rings (SSSR count). The third-order valence-corrected chi connectivity index (χ3v) is 2.59. The Bertz CT molecular complexity index is 417. The molecule has 106 valence electrons. The maximum absolute atomic E-state index is 11.4. The van der Waals surface area contributed by atoms with E-state index in [0.717, 1.165) is 23.3 Å². The number of nitrogens with one attached hydrogen (secondary N) is 2. The first kappa shape index (κ1) is 15.3. The lowest BCUT2D eigenvalue weighted by Gasteiger charge is -2.13. The third kappa shape index (κ3) is 5.64. The summed E-state index contributed by atoms with van der Waals surface area (Å²) in [5.74, 6) is 0.897. The Morgan fingerprint density at radius 2 is 2.05 bits per heavy atom. The second-order valence-corrected chi connectivity index (χ2v) is 4.88. The van der Waals surface area contributed by atoms with Gasteiger partial charge in [0, 0.05) is 13.1 Å². The number of urea groups is 1. The number of carbonyl (C=O) groups excluding carboxylic acids is 1. The molecule has 4 nitrogen and oxygen atoms in total. The minimum atomic E-state index is -0.123. The van der Waals surface area contributed by atoms with Gasteiger partial charge < -0.3 is 15.4 Å². The lowest BCUT2D eigenvalue weighted by molar-refractivity contribution is 0.240. The number of ether oxygens (including phenoxy) is 1. The largest absolute Gasteiger partial charge is 0.491 e. The van der Waals surface area contributed by atoms with Crippen LogP contribution in [-0.2, 0) is 6.54 Å². The average molecular weight is 264 g/mol. The van der Waals surface area contributed by atoms with E-state index < -0.39 is 0 Å². The van der Waals surface area contributed by atoms with Gasteiger partial charge in [0.1, 0.15) is 5.75 Å². The number of hydrogen-bond donors (Lipinski definition) is 2. The zero-order valence-electron chi connectivity index (χ0n) is 12.2. The highest BCUT2D eigenvalue weighted by molar-refractivity contribution is 5.73. The molecule has 0 unspecified atom stereocenters. The van der Waals surface area contributed by atoms with Crippen molar-refractivity contribution >= 4 is 6.03 Å². The highest BCUT2D eigenvalue weighted by Crippen LogP contribution is 2.20. The monoisotopic (exact) mass is 264 g/mol. The maximum Gasteiger partial charge on any atom is 0.315 e. The lowest BCUT2D eigenvalue weighted by atomic mass is 10.1. The Balaban J connectivity index is 2.51. The minimum Gasteiger partial charge on any atom is -0.491 e. The van der Waals surface area contributed by atoms with Gasteiger partial charge in [-0.1, -0.05) is 19.1 Å². The number of rotatable bonds is 6. The van der Waals surface area contributed by atoms with Gasteiger partial charge >= 0.3 is 6.03 Å². The summed E-state index contributed by atoms with van der Waals surface area (Å²) in [4.78, 5) is 11.4. The van der Waals surface area contributed by atoms with Crippen molar-refractivity contribution in [3.63, 3.8) is 0 Å². The fourth-order valence-corrected chi connectivity index (χ4v) is 1.69. The number of aryl methyl sites for hydroxylation is 1. The van der Waals surface area contributed by atoms with Crippen LogP contribution in [0.2, 0.25) is 0 Å². The fraction of sp³-hybridized carbons (Fsp3) is 0.533. The molecule has 0 saturated heterocycles. The molecule has 2 N–H and O–H groups in total. The molecule has 0 bridgehead atoms. The predicted octanol–water partition coefficient (Wildman–Crippen LogP) is 2.99. The summed E-state index contributed by atoms with van der Waals surface area (Å²) in [7, 11) is 0. The molecule has 0 spiro atoms. The van der Waals surface area contributed by atoms with E-state index in [1.54, 1.807) is 0 Å². The number of hydrogen-bond acceptors (Lipinski definition) is 2. The van der Waals surface area contributed by atoms with Crippen LogP contribution in [0.1, 0.15) is 38.3 Å². The predicted molar refractivity (Wildman–Crippen MR) is 77.5 cm³/mol. The molecular formula is C15H24N2O2. The van der Waals surface area contributed by atoms with E-state index in [2.05, 4.69) is 10.6 Å². The molecule has 19 heavy (non-hydrogen) atoms. The number of carbonyl (C=O) groups is 1. The molecule has 4 heteroatoms. The van der Waals surface area contributed by atoms with Crippen molar-refractivity contribution in [2.45, 2.75) is 46.8 Å². The van der Waals surface area contributed by atoms with Crippen LogP contribution in [-0.4, -0.2) is 18.7 Å². The molecule has 1 aromatic carbocycles. The third-order valence-electron chi connectivity index (χ3n) is 2.59.